The van der Waals surface area contributed by atoms with Gasteiger partial charge < -0.3 is 10.1 Å². The zero-order chi connectivity index (χ0) is 14.5. The normalized spacial score (nSPS) is 23.8. The lowest BCUT2D eigenvalue weighted by molar-refractivity contribution is 0.298. The van der Waals surface area contributed by atoms with E-state index in [1.54, 1.807) is 12.1 Å². The van der Waals surface area contributed by atoms with Crippen molar-refractivity contribution in [3.05, 3.63) is 29.6 Å². The first-order valence-electron chi connectivity index (χ1n) is 7.71. The van der Waals surface area contributed by atoms with Crippen LogP contribution in [-0.4, -0.2) is 19.7 Å². The van der Waals surface area contributed by atoms with Crippen LogP contribution in [0.2, 0.25) is 0 Å². The van der Waals surface area contributed by atoms with E-state index in [0.29, 0.717) is 17.7 Å². The average Bonchev–Trinajstić information content (AvgIpc) is 2.85. The molecule has 3 atom stereocenters. The van der Waals surface area contributed by atoms with Gasteiger partial charge in [-0.15, -0.1) is 0 Å². The summed E-state index contributed by atoms with van der Waals surface area (Å²) in [4.78, 5) is 0. The summed E-state index contributed by atoms with van der Waals surface area (Å²) in [5.74, 6) is 1.53. The number of halogens is 1. The molecule has 20 heavy (non-hydrogen) atoms. The molecule has 0 bridgehead atoms. The second kappa shape index (κ2) is 7.07. The van der Waals surface area contributed by atoms with Crippen molar-refractivity contribution in [2.75, 3.05) is 13.7 Å². The first-order chi connectivity index (χ1) is 9.65. The summed E-state index contributed by atoms with van der Waals surface area (Å²) in [7, 11) is 1.50. The summed E-state index contributed by atoms with van der Waals surface area (Å²) in [6, 6.07) is 5.77. The van der Waals surface area contributed by atoms with Crippen LogP contribution in [0, 0.1) is 17.7 Å². The molecule has 0 aromatic heterocycles. The molecule has 2 rings (SSSR count). The molecule has 1 N–H and O–H groups in total. The van der Waals surface area contributed by atoms with Crippen molar-refractivity contribution in [2.45, 2.75) is 45.6 Å². The number of benzene rings is 1. The molecule has 1 aliphatic carbocycles. The predicted octanol–water partition coefficient (Wildman–Crippen LogP) is 3.79. The van der Waals surface area contributed by atoms with Gasteiger partial charge in [-0.25, -0.2) is 4.39 Å². The van der Waals surface area contributed by atoms with Gasteiger partial charge in [-0.05, 0) is 48.9 Å². The molecule has 3 unspecified atom stereocenters. The summed E-state index contributed by atoms with van der Waals surface area (Å²) in [6.07, 6.45) is 4.83. The standard InChI is InChI=1S/C17H26FNO/c1-4-19-16(14-7-5-6-12(14)2)11-13-8-9-17(20-3)15(18)10-13/h8-10,12,14,16,19H,4-7,11H2,1-3H3. The largest absolute Gasteiger partial charge is 0.494 e. The quantitative estimate of drug-likeness (QED) is 0.855. The Morgan fingerprint density at radius 3 is 2.75 bits per heavy atom. The van der Waals surface area contributed by atoms with E-state index < -0.39 is 0 Å². The van der Waals surface area contributed by atoms with E-state index in [-0.39, 0.29) is 5.82 Å². The van der Waals surface area contributed by atoms with Crippen LogP contribution in [-0.2, 0) is 6.42 Å². The lowest BCUT2D eigenvalue weighted by Gasteiger charge is -2.28. The second-order valence-electron chi connectivity index (χ2n) is 5.91. The van der Waals surface area contributed by atoms with Crippen LogP contribution in [0.3, 0.4) is 0 Å². The molecule has 1 aliphatic rings. The van der Waals surface area contributed by atoms with Crippen LogP contribution in [0.5, 0.6) is 5.75 Å². The maximum atomic E-state index is 13.8. The molecule has 1 aromatic rings. The Balaban J connectivity index is 2.09. The molecule has 0 radical (unpaired) electrons. The molecule has 0 aliphatic heterocycles. The topological polar surface area (TPSA) is 21.3 Å². The van der Waals surface area contributed by atoms with Gasteiger partial charge >= 0.3 is 0 Å². The van der Waals surface area contributed by atoms with Crippen LogP contribution >= 0.6 is 0 Å². The fourth-order valence-corrected chi connectivity index (χ4v) is 3.50. The first kappa shape index (κ1) is 15.3. The molecule has 0 saturated heterocycles. The zero-order valence-corrected chi connectivity index (χ0v) is 12.8. The molecule has 0 heterocycles. The van der Waals surface area contributed by atoms with E-state index in [0.717, 1.165) is 24.4 Å². The molecular formula is C17H26FNO. The van der Waals surface area contributed by atoms with Gasteiger partial charge in [0.1, 0.15) is 0 Å². The number of nitrogens with one attached hydrogen (secondary N) is 1. The van der Waals surface area contributed by atoms with Gasteiger partial charge in [-0.3, -0.25) is 0 Å². The summed E-state index contributed by atoms with van der Waals surface area (Å²) >= 11 is 0. The van der Waals surface area contributed by atoms with E-state index in [2.05, 4.69) is 19.2 Å². The smallest absolute Gasteiger partial charge is 0.165 e. The molecule has 0 spiro atoms. The van der Waals surface area contributed by atoms with Gasteiger partial charge in [0.15, 0.2) is 11.6 Å². The van der Waals surface area contributed by atoms with Gasteiger partial charge in [0.05, 0.1) is 7.11 Å². The number of hydrogen-bond donors (Lipinski definition) is 1. The van der Waals surface area contributed by atoms with Gasteiger partial charge in [0.25, 0.3) is 0 Å². The monoisotopic (exact) mass is 279 g/mol. The molecule has 1 saturated carbocycles. The lowest BCUT2D eigenvalue weighted by Crippen LogP contribution is -2.39. The lowest BCUT2D eigenvalue weighted by atomic mass is 9.86. The van der Waals surface area contributed by atoms with Crippen molar-refractivity contribution >= 4 is 0 Å². The fourth-order valence-electron chi connectivity index (χ4n) is 3.50. The number of rotatable bonds is 6. The van der Waals surface area contributed by atoms with Crippen molar-refractivity contribution in [3.63, 3.8) is 0 Å². The van der Waals surface area contributed by atoms with Crippen LogP contribution in [0.4, 0.5) is 4.39 Å². The Labute approximate surface area is 121 Å². The summed E-state index contributed by atoms with van der Waals surface area (Å²) in [6.45, 7) is 5.45. The number of methoxy groups -OCH3 is 1. The Hall–Kier alpha value is -1.09. The maximum absolute atomic E-state index is 13.8. The first-order valence-corrected chi connectivity index (χ1v) is 7.71. The van der Waals surface area contributed by atoms with Gasteiger partial charge in [0, 0.05) is 6.04 Å². The highest BCUT2D eigenvalue weighted by Crippen LogP contribution is 2.35. The summed E-state index contributed by atoms with van der Waals surface area (Å²) in [5, 5.41) is 3.60. The van der Waals surface area contributed by atoms with Crippen LogP contribution in [0.15, 0.2) is 18.2 Å². The van der Waals surface area contributed by atoms with Crippen LogP contribution < -0.4 is 10.1 Å². The zero-order valence-electron chi connectivity index (χ0n) is 12.8. The Bertz CT molecular complexity index is 435. The highest BCUT2D eigenvalue weighted by molar-refractivity contribution is 5.29. The predicted molar refractivity (Wildman–Crippen MR) is 80.6 cm³/mol. The van der Waals surface area contributed by atoms with Gasteiger partial charge in [-0.2, -0.15) is 0 Å². The molecule has 2 nitrogen and oxygen atoms in total. The van der Waals surface area contributed by atoms with Crippen molar-refractivity contribution in [3.8, 4) is 5.75 Å². The number of ether oxygens (including phenoxy) is 1. The minimum atomic E-state index is -0.264. The molecular weight excluding hydrogens is 253 g/mol. The van der Waals surface area contributed by atoms with E-state index in [9.17, 15) is 4.39 Å². The third-order valence-corrected chi connectivity index (χ3v) is 4.58. The second-order valence-corrected chi connectivity index (χ2v) is 5.91. The van der Waals surface area contributed by atoms with Crippen LogP contribution in [0.1, 0.15) is 38.7 Å². The van der Waals surface area contributed by atoms with Crippen molar-refractivity contribution < 1.29 is 9.13 Å². The van der Waals surface area contributed by atoms with Crippen molar-refractivity contribution in [1.82, 2.24) is 5.32 Å². The fraction of sp³-hybridized carbons (Fsp3) is 0.647. The third kappa shape index (κ3) is 3.51. The number of likely N-dealkylation sites (N-methyl/N-ethyl adjacent to an activating group) is 1. The SMILES string of the molecule is CCNC(Cc1ccc(OC)c(F)c1)C1CCCC1C. The molecule has 1 aromatic carbocycles. The minimum Gasteiger partial charge on any atom is -0.494 e. The Kier molecular flexibility index (Phi) is 5.41. The highest BCUT2D eigenvalue weighted by atomic mass is 19.1. The third-order valence-electron chi connectivity index (χ3n) is 4.58. The Morgan fingerprint density at radius 2 is 2.20 bits per heavy atom. The summed E-state index contributed by atoms with van der Waals surface area (Å²) < 4.78 is 18.8. The average molecular weight is 279 g/mol. The molecule has 0 amide bonds. The Morgan fingerprint density at radius 1 is 1.40 bits per heavy atom. The van der Waals surface area contributed by atoms with E-state index >= 15 is 0 Å². The molecule has 3 heteroatoms. The summed E-state index contributed by atoms with van der Waals surface area (Å²) in [5.41, 5.74) is 1.05. The van der Waals surface area contributed by atoms with E-state index in [1.165, 1.54) is 26.4 Å². The van der Waals surface area contributed by atoms with Crippen LogP contribution in [0.25, 0.3) is 0 Å². The van der Waals surface area contributed by atoms with E-state index in [4.69, 9.17) is 4.74 Å². The maximum Gasteiger partial charge on any atom is 0.165 e. The number of hydrogen-bond acceptors (Lipinski definition) is 2. The van der Waals surface area contributed by atoms with Gasteiger partial charge in [-0.1, -0.05) is 32.8 Å². The molecule has 1 fully saturated rings. The van der Waals surface area contributed by atoms with Crippen molar-refractivity contribution in [1.29, 1.82) is 0 Å². The van der Waals surface area contributed by atoms with Crippen molar-refractivity contribution in [2.24, 2.45) is 11.8 Å². The molecule has 112 valence electrons. The minimum absolute atomic E-state index is 0.264. The van der Waals surface area contributed by atoms with E-state index in [1.807, 2.05) is 6.07 Å². The van der Waals surface area contributed by atoms with Gasteiger partial charge in [0.2, 0.25) is 0 Å². The highest BCUT2D eigenvalue weighted by Gasteiger charge is 2.30.